The Hall–Kier alpha value is -1.73. The van der Waals surface area contributed by atoms with Gasteiger partial charge < -0.3 is 10.2 Å². The SMILES string of the molecule is CNCCN(C)C(=O)CCN1C(=O)c2ccc(Br)cc2C1=O. The van der Waals surface area contributed by atoms with Crippen LogP contribution in [0.1, 0.15) is 27.1 Å². The second-order valence-corrected chi connectivity index (χ2v) is 6.04. The standard InChI is InChI=1S/C15H18BrN3O3/c1-17-6-8-18(2)13(20)5-7-19-14(21)11-4-3-10(16)9-12(11)15(19)22/h3-4,9,17H,5-8H2,1-2H3. The number of rotatable bonds is 6. The van der Waals surface area contributed by atoms with Gasteiger partial charge in [0.25, 0.3) is 11.8 Å². The van der Waals surface area contributed by atoms with Crippen molar-refractivity contribution in [3.63, 3.8) is 0 Å². The highest BCUT2D eigenvalue weighted by molar-refractivity contribution is 9.10. The highest BCUT2D eigenvalue weighted by Crippen LogP contribution is 2.26. The Morgan fingerprint density at radius 1 is 1.27 bits per heavy atom. The quantitative estimate of drug-likeness (QED) is 0.764. The molecule has 118 valence electrons. The molecule has 0 aliphatic carbocycles. The number of nitrogens with one attached hydrogen (secondary N) is 1. The lowest BCUT2D eigenvalue weighted by Gasteiger charge is -2.19. The Morgan fingerprint density at radius 3 is 2.64 bits per heavy atom. The summed E-state index contributed by atoms with van der Waals surface area (Å²) in [5.74, 6) is -0.766. The lowest BCUT2D eigenvalue weighted by molar-refractivity contribution is -0.129. The summed E-state index contributed by atoms with van der Waals surface area (Å²) in [6.45, 7) is 1.39. The van der Waals surface area contributed by atoms with Crippen LogP contribution in [0.3, 0.4) is 0 Å². The monoisotopic (exact) mass is 367 g/mol. The van der Waals surface area contributed by atoms with Gasteiger partial charge in [0, 0.05) is 37.6 Å². The van der Waals surface area contributed by atoms with Crippen LogP contribution >= 0.6 is 15.9 Å². The van der Waals surface area contributed by atoms with Crippen LogP contribution in [-0.4, -0.2) is 61.3 Å². The summed E-state index contributed by atoms with van der Waals surface area (Å²) in [5.41, 5.74) is 0.777. The molecule has 0 atom stereocenters. The third kappa shape index (κ3) is 3.36. The van der Waals surface area contributed by atoms with Crippen LogP contribution < -0.4 is 5.32 Å². The van der Waals surface area contributed by atoms with Crippen LogP contribution in [-0.2, 0) is 4.79 Å². The van der Waals surface area contributed by atoms with Crippen molar-refractivity contribution < 1.29 is 14.4 Å². The predicted molar refractivity (Wildman–Crippen MR) is 85.7 cm³/mol. The zero-order valence-electron chi connectivity index (χ0n) is 12.6. The molecule has 0 saturated carbocycles. The third-order valence-corrected chi connectivity index (χ3v) is 4.10. The molecule has 1 heterocycles. The molecule has 0 saturated heterocycles. The first-order chi connectivity index (χ1) is 10.5. The molecule has 3 amide bonds. The van der Waals surface area contributed by atoms with Gasteiger partial charge in [-0.15, -0.1) is 0 Å². The van der Waals surface area contributed by atoms with E-state index >= 15 is 0 Å². The molecule has 1 N–H and O–H groups in total. The molecule has 0 radical (unpaired) electrons. The molecule has 2 rings (SSSR count). The number of fused-ring (bicyclic) bond motifs is 1. The number of imide groups is 1. The summed E-state index contributed by atoms with van der Waals surface area (Å²) in [5, 5.41) is 2.96. The zero-order valence-corrected chi connectivity index (χ0v) is 14.1. The lowest BCUT2D eigenvalue weighted by Crippen LogP contribution is -2.37. The van der Waals surface area contributed by atoms with E-state index in [-0.39, 0.29) is 30.7 Å². The summed E-state index contributed by atoms with van der Waals surface area (Å²) in [6.07, 6.45) is 0.132. The van der Waals surface area contributed by atoms with E-state index in [9.17, 15) is 14.4 Å². The molecule has 0 unspecified atom stereocenters. The van der Waals surface area contributed by atoms with Gasteiger partial charge in [-0.05, 0) is 25.2 Å². The first kappa shape index (κ1) is 16.6. The van der Waals surface area contributed by atoms with E-state index in [1.165, 1.54) is 0 Å². The molecule has 0 spiro atoms. The molecule has 0 fully saturated rings. The van der Waals surface area contributed by atoms with Gasteiger partial charge in [0.2, 0.25) is 5.91 Å². The molecule has 0 bridgehead atoms. The smallest absolute Gasteiger partial charge is 0.261 e. The number of carbonyl (C=O) groups excluding carboxylic acids is 3. The van der Waals surface area contributed by atoms with Gasteiger partial charge in [-0.2, -0.15) is 0 Å². The van der Waals surface area contributed by atoms with Crippen molar-refractivity contribution >= 4 is 33.7 Å². The van der Waals surface area contributed by atoms with Crippen LogP contribution in [0.15, 0.2) is 22.7 Å². The van der Waals surface area contributed by atoms with Crippen LogP contribution in [0, 0.1) is 0 Å². The van der Waals surface area contributed by atoms with Gasteiger partial charge in [0.15, 0.2) is 0 Å². The summed E-state index contributed by atoms with van der Waals surface area (Å²) in [4.78, 5) is 39.2. The molecule has 1 aliphatic heterocycles. The number of nitrogens with zero attached hydrogens (tertiary/aromatic N) is 2. The van der Waals surface area contributed by atoms with Gasteiger partial charge in [0.1, 0.15) is 0 Å². The summed E-state index contributed by atoms with van der Waals surface area (Å²) in [7, 11) is 3.52. The number of hydrogen-bond acceptors (Lipinski definition) is 4. The largest absolute Gasteiger partial charge is 0.344 e. The van der Waals surface area contributed by atoms with E-state index in [1.54, 1.807) is 30.1 Å². The van der Waals surface area contributed by atoms with Gasteiger partial charge >= 0.3 is 0 Å². The van der Waals surface area contributed by atoms with Crippen molar-refractivity contribution in [1.82, 2.24) is 15.1 Å². The second kappa shape index (κ2) is 7.02. The zero-order chi connectivity index (χ0) is 16.3. The molecule has 0 aromatic heterocycles. The fraction of sp³-hybridized carbons (Fsp3) is 0.400. The van der Waals surface area contributed by atoms with Gasteiger partial charge in [-0.3, -0.25) is 19.3 Å². The maximum absolute atomic E-state index is 12.3. The molecular formula is C15H18BrN3O3. The van der Waals surface area contributed by atoms with Crippen molar-refractivity contribution in [1.29, 1.82) is 0 Å². The maximum Gasteiger partial charge on any atom is 0.261 e. The third-order valence-electron chi connectivity index (χ3n) is 3.60. The molecule has 1 aliphatic rings. The minimum Gasteiger partial charge on any atom is -0.344 e. The highest BCUT2D eigenvalue weighted by Gasteiger charge is 2.35. The molecule has 7 heteroatoms. The summed E-state index contributed by atoms with van der Waals surface area (Å²) in [6, 6.07) is 4.99. The first-order valence-electron chi connectivity index (χ1n) is 7.00. The van der Waals surface area contributed by atoms with E-state index in [0.29, 0.717) is 24.2 Å². The number of hydrogen-bond donors (Lipinski definition) is 1. The minimum absolute atomic E-state index is 0.0898. The molecule has 1 aromatic carbocycles. The Bertz CT molecular complexity index is 618. The number of halogens is 1. The van der Waals surface area contributed by atoms with E-state index in [0.717, 1.165) is 9.37 Å². The van der Waals surface area contributed by atoms with Crippen LogP contribution in [0.5, 0.6) is 0 Å². The van der Waals surface area contributed by atoms with E-state index < -0.39 is 0 Å². The molecular weight excluding hydrogens is 350 g/mol. The number of likely N-dealkylation sites (N-methyl/N-ethyl adjacent to an activating group) is 2. The Labute approximate surface area is 137 Å². The fourth-order valence-electron chi connectivity index (χ4n) is 2.27. The van der Waals surface area contributed by atoms with Crippen molar-refractivity contribution in [3.8, 4) is 0 Å². The van der Waals surface area contributed by atoms with Gasteiger partial charge in [0.05, 0.1) is 11.1 Å². The van der Waals surface area contributed by atoms with E-state index in [4.69, 9.17) is 0 Å². The average Bonchev–Trinajstić information content (AvgIpc) is 2.73. The highest BCUT2D eigenvalue weighted by atomic mass is 79.9. The predicted octanol–water partition coefficient (Wildman–Crippen LogP) is 1.11. The van der Waals surface area contributed by atoms with Crippen LogP contribution in [0.4, 0.5) is 0 Å². The van der Waals surface area contributed by atoms with Crippen molar-refractivity contribution in [2.45, 2.75) is 6.42 Å². The number of amides is 3. The van der Waals surface area contributed by atoms with E-state index in [2.05, 4.69) is 21.2 Å². The Balaban J connectivity index is 1.99. The maximum atomic E-state index is 12.3. The molecule has 22 heavy (non-hydrogen) atoms. The van der Waals surface area contributed by atoms with Gasteiger partial charge in [-0.1, -0.05) is 15.9 Å². The van der Waals surface area contributed by atoms with Crippen molar-refractivity contribution in [3.05, 3.63) is 33.8 Å². The van der Waals surface area contributed by atoms with Crippen molar-refractivity contribution in [2.75, 3.05) is 33.7 Å². The average molecular weight is 368 g/mol. The second-order valence-electron chi connectivity index (χ2n) is 5.12. The topological polar surface area (TPSA) is 69.7 Å². The molecule has 6 nitrogen and oxygen atoms in total. The first-order valence-corrected chi connectivity index (χ1v) is 7.79. The number of benzene rings is 1. The fourth-order valence-corrected chi connectivity index (χ4v) is 2.63. The molecule has 1 aromatic rings. The minimum atomic E-state index is -0.341. The summed E-state index contributed by atoms with van der Waals surface area (Å²) < 4.78 is 0.747. The van der Waals surface area contributed by atoms with E-state index in [1.807, 2.05) is 7.05 Å². The Kier molecular flexibility index (Phi) is 5.31. The Morgan fingerprint density at radius 2 is 1.95 bits per heavy atom. The van der Waals surface area contributed by atoms with Gasteiger partial charge in [-0.25, -0.2) is 0 Å². The number of carbonyl (C=O) groups is 3. The van der Waals surface area contributed by atoms with Crippen LogP contribution in [0.25, 0.3) is 0 Å². The summed E-state index contributed by atoms with van der Waals surface area (Å²) >= 11 is 3.29. The normalized spacial score (nSPS) is 13.5. The lowest BCUT2D eigenvalue weighted by atomic mass is 10.1. The van der Waals surface area contributed by atoms with Crippen LogP contribution in [0.2, 0.25) is 0 Å². The van der Waals surface area contributed by atoms with Crippen molar-refractivity contribution in [2.24, 2.45) is 0 Å².